The van der Waals surface area contributed by atoms with Crippen LogP contribution in [0.1, 0.15) is 18.9 Å². The van der Waals surface area contributed by atoms with Gasteiger partial charge in [0.15, 0.2) is 0 Å². The summed E-state index contributed by atoms with van der Waals surface area (Å²) in [6, 6.07) is 8.41. The van der Waals surface area contributed by atoms with E-state index in [1.807, 2.05) is 12.3 Å². The number of rotatable bonds is 3. The van der Waals surface area contributed by atoms with Gasteiger partial charge in [-0.2, -0.15) is 0 Å². The summed E-state index contributed by atoms with van der Waals surface area (Å²) in [5, 5.41) is 1.19. The quantitative estimate of drug-likeness (QED) is 0.836. The first-order valence-electron chi connectivity index (χ1n) is 7.05. The summed E-state index contributed by atoms with van der Waals surface area (Å²) in [5.74, 6) is 0. The first-order chi connectivity index (χ1) is 9.59. The van der Waals surface area contributed by atoms with Crippen molar-refractivity contribution in [3.63, 3.8) is 0 Å². The maximum atomic E-state index is 5.89. The molecule has 0 spiro atoms. The van der Waals surface area contributed by atoms with Crippen LogP contribution in [0.25, 0.3) is 10.9 Å². The standard InChI is InChI=1S/C16H20BrN3.2ClH/c1-16(10-18)4-6-20(11-16)9-13-8-14(17)7-12-3-2-5-19-15(12)13;;/h2-3,5,7-8H,4,6,9-11,18H2,1H3;2*1H. The molecule has 0 saturated carbocycles. The van der Waals surface area contributed by atoms with E-state index < -0.39 is 0 Å². The van der Waals surface area contributed by atoms with Crippen LogP contribution in [-0.4, -0.2) is 29.5 Å². The number of benzene rings is 1. The van der Waals surface area contributed by atoms with E-state index in [2.05, 4.69) is 50.9 Å². The molecule has 1 aliphatic rings. The second-order valence-corrected chi connectivity index (χ2v) is 7.03. The molecule has 1 unspecified atom stereocenters. The molecular formula is C16H22BrCl2N3. The highest BCUT2D eigenvalue weighted by Gasteiger charge is 2.32. The molecule has 1 aromatic carbocycles. The molecule has 1 fully saturated rings. The van der Waals surface area contributed by atoms with Gasteiger partial charge in [-0.05, 0) is 48.7 Å². The zero-order valence-corrected chi connectivity index (χ0v) is 15.8. The van der Waals surface area contributed by atoms with Crippen molar-refractivity contribution in [2.75, 3.05) is 19.6 Å². The highest BCUT2D eigenvalue weighted by atomic mass is 79.9. The molecule has 3 nitrogen and oxygen atoms in total. The van der Waals surface area contributed by atoms with Crippen LogP contribution < -0.4 is 5.73 Å². The van der Waals surface area contributed by atoms with Crippen molar-refractivity contribution in [3.05, 3.63) is 40.5 Å². The second kappa shape index (κ2) is 7.93. The van der Waals surface area contributed by atoms with Crippen LogP contribution in [0.3, 0.4) is 0 Å². The van der Waals surface area contributed by atoms with Gasteiger partial charge < -0.3 is 5.73 Å². The summed E-state index contributed by atoms with van der Waals surface area (Å²) >= 11 is 3.60. The molecule has 0 aliphatic carbocycles. The average Bonchev–Trinajstić information content (AvgIpc) is 2.81. The lowest BCUT2D eigenvalue weighted by molar-refractivity contribution is 0.275. The van der Waals surface area contributed by atoms with Crippen LogP contribution in [0, 0.1) is 5.41 Å². The number of likely N-dealkylation sites (tertiary alicyclic amines) is 1. The molecule has 1 aliphatic heterocycles. The van der Waals surface area contributed by atoms with Crippen molar-refractivity contribution in [3.8, 4) is 0 Å². The number of fused-ring (bicyclic) bond motifs is 1. The Kier molecular flexibility index (Phi) is 7.09. The minimum Gasteiger partial charge on any atom is -0.330 e. The van der Waals surface area contributed by atoms with Crippen LogP contribution in [0.5, 0.6) is 0 Å². The average molecular weight is 407 g/mol. The molecule has 1 saturated heterocycles. The minimum atomic E-state index is 0. The third kappa shape index (κ3) is 4.12. The van der Waals surface area contributed by atoms with E-state index in [0.717, 1.165) is 36.2 Å². The number of aromatic nitrogens is 1. The molecule has 0 bridgehead atoms. The summed E-state index contributed by atoms with van der Waals surface area (Å²) in [6.07, 6.45) is 3.05. The van der Waals surface area contributed by atoms with E-state index >= 15 is 0 Å². The molecule has 2 heterocycles. The third-order valence-corrected chi connectivity index (χ3v) is 4.73. The molecule has 122 valence electrons. The molecule has 2 aromatic rings. The highest BCUT2D eigenvalue weighted by Crippen LogP contribution is 2.31. The van der Waals surface area contributed by atoms with Crippen molar-refractivity contribution < 1.29 is 0 Å². The van der Waals surface area contributed by atoms with Gasteiger partial charge in [0.2, 0.25) is 0 Å². The number of hydrogen-bond acceptors (Lipinski definition) is 3. The van der Waals surface area contributed by atoms with Crippen molar-refractivity contribution in [1.82, 2.24) is 9.88 Å². The number of nitrogens with two attached hydrogens (primary N) is 1. The fourth-order valence-electron chi connectivity index (χ4n) is 3.02. The minimum absolute atomic E-state index is 0. The maximum Gasteiger partial charge on any atom is 0.0747 e. The second-order valence-electron chi connectivity index (χ2n) is 6.12. The van der Waals surface area contributed by atoms with Crippen LogP contribution >= 0.6 is 40.7 Å². The zero-order chi connectivity index (χ0) is 14.2. The van der Waals surface area contributed by atoms with E-state index in [9.17, 15) is 0 Å². The molecule has 2 N–H and O–H groups in total. The number of hydrogen-bond donors (Lipinski definition) is 1. The Labute approximate surface area is 152 Å². The van der Waals surface area contributed by atoms with E-state index in [0.29, 0.717) is 0 Å². The van der Waals surface area contributed by atoms with Gasteiger partial charge in [-0.1, -0.05) is 28.9 Å². The fourth-order valence-corrected chi connectivity index (χ4v) is 3.54. The Hall–Kier alpha value is -0.390. The van der Waals surface area contributed by atoms with Gasteiger partial charge in [0.25, 0.3) is 0 Å². The summed E-state index contributed by atoms with van der Waals surface area (Å²) < 4.78 is 1.12. The predicted octanol–water partition coefficient (Wildman–Crippen LogP) is 4.01. The van der Waals surface area contributed by atoms with Crippen LogP contribution in [-0.2, 0) is 6.54 Å². The first kappa shape index (κ1) is 19.7. The maximum absolute atomic E-state index is 5.89. The fraction of sp³-hybridized carbons (Fsp3) is 0.438. The van der Waals surface area contributed by atoms with Crippen molar-refractivity contribution in [2.24, 2.45) is 11.1 Å². The van der Waals surface area contributed by atoms with Gasteiger partial charge in [0.05, 0.1) is 5.52 Å². The summed E-state index contributed by atoms with van der Waals surface area (Å²) in [7, 11) is 0. The van der Waals surface area contributed by atoms with Gasteiger partial charge in [-0.3, -0.25) is 9.88 Å². The largest absolute Gasteiger partial charge is 0.330 e. The van der Waals surface area contributed by atoms with Crippen molar-refractivity contribution in [2.45, 2.75) is 19.9 Å². The van der Waals surface area contributed by atoms with Crippen molar-refractivity contribution in [1.29, 1.82) is 0 Å². The highest BCUT2D eigenvalue weighted by molar-refractivity contribution is 9.10. The number of nitrogens with zero attached hydrogens (tertiary/aromatic N) is 2. The molecule has 0 amide bonds. The van der Waals surface area contributed by atoms with Gasteiger partial charge in [0, 0.05) is 29.1 Å². The number of halogens is 3. The molecule has 6 heteroatoms. The zero-order valence-electron chi connectivity index (χ0n) is 12.6. The molecule has 0 radical (unpaired) electrons. The van der Waals surface area contributed by atoms with E-state index in [4.69, 9.17) is 5.73 Å². The Bertz CT molecular complexity index is 638. The monoisotopic (exact) mass is 405 g/mol. The normalized spacial score (nSPS) is 21.4. The first-order valence-corrected chi connectivity index (χ1v) is 7.84. The smallest absolute Gasteiger partial charge is 0.0747 e. The van der Waals surface area contributed by atoms with Crippen LogP contribution in [0.15, 0.2) is 34.9 Å². The summed E-state index contributed by atoms with van der Waals surface area (Å²) in [5.41, 5.74) is 8.56. The van der Waals surface area contributed by atoms with E-state index in [-0.39, 0.29) is 30.2 Å². The van der Waals surface area contributed by atoms with E-state index in [1.165, 1.54) is 17.4 Å². The lowest BCUT2D eigenvalue weighted by Gasteiger charge is -2.23. The summed E-state index contributed by atoms with van der Waals surface area (Å²) in [6.45, 7) is 6.19. The Morgan fingerprint density at radius 1 is 1.36 bits per heavy atom. The number of pyridine rings is 1. The van der Waals surface area contributed by atoms with Crippen molar-refractivity contribution >= 4 is 51.6 Å². The molecule has 1 atom stereocenters. The lowest BCUT2D eigenvalue weighted by Crippen LogP contribution is -2.31. The van der Waals surface area contributed by atoms with Crippen LogP contribution in [0.4, 0.5) is 0 Å². The topological polar surface area (TPSA) is 42.1 Å². The molecule has 1 aromatic heterocycles. The predicted molar refractivity (Wildman–Crippen MR) is 101 cm³/mol. The van der Waals surface area contributed by atoms with Crippen LogP contribution in [0.2, 0.25) is 0 Å². The van der Waals surface area contributed by atoms with Gasteiger partial charge in [-0.25, -0.2) is 0 Å². The Morgan fingerprint density at radius 2 is 2.14 bits per heavy atom. The Morgan fingerprint density at radius 3 is 2.82 bits per heavy atom. The Balaban J connectivity index is 0.00000121. The molecule has 22 heavy (non-hydrogen) atoms. The SMILES string of the molecule is CC1(CN)CCN(Cc2cc(Br)cc3cccnc23)C1.Cl.Cl. The summed E-state index contributed by atoms with van der Waals surface area (Å²) in [4.78, 5) is 7.04. The molecular weight excluding hydrogens is 385 g/mol. The lowest BCUT2D eigenvalue weighted by atomic mass is 9.90. The van der Waals surface area contributed by atoms with Gasteiger partial charge in [0.1, 0.15) is 0 Å². The van der Waals surface area contributed by atoms with Gasteiger partial charge in [-0.15, -0.1) is 24.8 Å². The van der Waals surface area contributed by atoms with Gasteiger partial charge >= 0.3 is 0 Å². The van der Waals surface area contributed by atoms with E-state index in [1.54, 1.807) is 0 Å². The molecule has 3 rings (SSSR count). The third-order valence-electron chi connectivity index (χ3n) is 4.27.